The Bertz CT molecular complexity index is 370. The maximum atomic E-state index is 13.4. The fraction of sp³-hybridized carbons (Fsp3) is 0.300. The van der Waals surface area contributed by atoms with E-state index in [-0.39, 0.29) is 17.0 Å². The van der Waals surface area contributed by atoms with Gasteiger partial charge in [0.1, 0.15) is 5.82 Å². The first kappa shape index (κ1) is 12.1. The summed E-state index contributed by atoms with van der Waals surface area (Å²) in [6.45, 7) is -0.400. The number of aliphatic hydroxyl groups excluding tert-OH is 1. The normalized spacial score (nSPS) is 10.2. The second-order valence-corrected chi connectivity index (χ2v) is 4.13. The Kier molecular flexibility index (Phi) is 3.82. The minimum atomic E-state index is -0.586. The van der Waals surface area contributed by atoms with E-state index < -0.39 is 12.4 Å². The standard InChI is InChI=1S/C10H11BrFNO2/c1-13(2)10(15)6-3-8(11)7(5-14)9(12)4-6/h3-4,14H,5H2,1-2H3. The van der Waals surface area contributed by atoms with Gasteiger partial charge in [0.2, 0.25) is 0 Å². The molecule has 0 unspecified atom stereocenters. The van der Waals surface area contributed by atoms with Crippen molar-refractivity contribution in [1.82, 2.24) is 4.90 Å². The minimum Gasteiger partial charge on any atom is -0.392 e. The number of carbonyl (C=O) groups is 1. The summed E-state index contributed by atoms with van der Waals surface area (Å²) in [4.78, 5) is 12.9. The van der Waals surface area contributed by atoms with Gasteiger partial charge in [0, 0.05) is 29.7 Å². The summed E-state index contributed by atoms with van der Waals surface area (Å²) in [7, 11) is 3.18. The highest BCUT2D eigenvalue weighted by molar-refractivity contribution is 9.10. The molecule has 0 bridgehead atoms. The quantitative estimate of drug-likeness (QED) is 0.894. The van der Waals surface area contributed by atoms with Crippen molar-refractivity contribution in [2.24, 2.45) is 0 Å². The van der Waals surface area contributed by atoms with Crippen molar-refractivity contribution in [1.29, 1.82) is 0 Å². The molecule has 1 amide bonds. The van der Waals surface area contributed by atoms with E-state index in [1.807, 2.05) is 0 Å². The highest BCUT2D eigenvalue weighted by Gasteiger charge is 2.14. The summed E-state index contributed by atoms with van der Waals surface area (Å²) in [5, 5.41) is 8.87. The van der Waals surface area contributed by atoms with E-state index in [2.05, 4.69) is 15.9 Å². The molecule has 82 valence electrons. The van der Waals surface area contributed by atoms with Gasteiger partial charge >= 0.3 is 0 Å². The van der Waals surface area contributed by atoms with Gasteiger partial charge in [0.15, 0.2) is 0 Å². The minimum absolute atomic E-state index is 0.158. The molecule has 0 aliphatic heterocycles. The predicted molar refractivity (Wildman–Crippen MR) is 58.0 cm³/mol. The monoisotopic (exact) mass is 275 g/mol. The third-order valence-corrected chi connectivity index (χ3v) is 2.66. The van der Waals surface area contributed by atoms with Crippen LogP contribution in [-0.2, 0) is 6.61 Å². The van der Waals surface area contributed by atoms with Gasteiger partial charge in [-0.2, -0.15) is 0 Å². The van der Waals surface area contributed by atoms with E-state index in [1.165, 1.54) is 11.0 Å². The fourth-order valence-electron chi connectivity index (χ4n) is 1.14. The lowest BCUT2D eigenvalue weighted by atomic mass is 10.1. The largest absolute Gasteiger partial charge is 0.392 e. The van der Waals surface area contributed by atoms with Crippen molar-refractivity contribution >= 4 is 21.8 Å². The average Bonchev–Trinajstić information content (AvgIpc) is 2.15. The lowest BCUT2D eigenvalue weighted by Crippen LogP contribution is -2.22. The molecule has 0 atom stereocenters. The molecule has 0 aliphatic carbocycles. The Morgan fingerprint density at radius 2 is 2.13 bits per heavy atom. The van der Waals surface area contributed by atoms with Crippen LogP contribution in [0.25, 0.3) is 0 Å². The van der Waals surface area contributed by atoms with Crippen LogP contribution in [-0.4, -0.2) is 30.0 Å². The van der Waals surface area contributed by atoms with Crippen LogP contribution in [0.2, 0.25) is 0 Å². The van der Waals surface area contributed by atoms with Crippen molar-refractivity contribution in [3.63, 3.8) is 0 Å². The Balaban J connectivity index is 3.20. The maximum Gasteiger partial charge on any atom is 0.253 e. The molecule has 1 aromatic rings. The van der Waals surface area contributed by atoms with E-state index >= 15 is 0 Å². The highest BCUT2D eigenvalue weighted by Crippen LogP contribution is 2.22. The number of carbonyl (C=O) groups excluding carboxylic acids is 1. The molecule has 0 spiro atoms. The van der Waals surface area contributed by atoms with Gasteiger partial charge in [-0.05, 0) is 12.1 Å². The van der Waals surface area contributed by atoms with Gasteiger partial charge < -0.3 is 10.0 Å². The maximum absolute atomic E-state index is 13.4. The average molecular weight is 276 g/mol. The van der Waals surface area contributed by atoms with Crippen molar-refractivity contribution in [2.75, 3.05) is 14.1 Å². The lowest BCUT2D eigenvalue weighted by Gasteiger charge is -2.12. The number of halogens is 2. The first-order valence-corrected chi connectivity index (χ1v) is 5.07. The number of hydrogen-bond acceptors (Lipinski definition) is 2. The number of amides is 1. The number of hydrogen-bond donors (Lipinski definition) is 1. The SMILES string of the molecule is CN(C)C(=O)c1cc(F)c(CO)c(Br)c1. The van der Waals surface area contributed by atoms with Crippen LogP contribution < -0.4 is 0 Å². The molecule has 0 aromatic heterocycles. The van der Waals surface area contributed by atoms with Crippen LogP contribution in [0.1, 0.15) is 15.9 Å². The highest BCUT2D eigenvalue weighted by atomic mass is 79.9. The van der Waals surface area contributed by atoms with Crippen molar-refractivity contribution in [3.8, 4) is 0 Å². The molecule has 1 rings (SSSR count). The van der Waals surface area contributed by atoms with Crippen LogP contribution in [0.15, 0.2) is 16.6 Å². The molecule has 1 aromatic carbocycles. The van der Waals surface area contributed by atoms with E-state index in [0.717, 1.165) is 6.07 Å². The summed E-state index contributed by atoms with van der Waals surface area (Å²) < 4.78 is 13.8. The lowest BCUT2D eigenvalue weighted by molar-refractivity contribution is 0.0827. The number of rotatable bonds is 2. The third kappa shape index (κ3) is 2.54. The van der Waals surface area contributed by atoms with Gasteiger partial charge in [0.25, 0.3) is 5.91 Å². The molecule has 0 aliphatic rings. The Labute approximate surface area is 95.6 Å². The molecule has 3 nitrogen and oxygen atoms in total. The number of benzene rings is 1. The van der Waals surface area contributed by atoms with E-state index in [0.29, 0.717) is 4.47 Å². The van der Waals surface area contributed by atoms with Crippen molar-refractivity contribution < 1.29 is 14.3 Å². The molecule has 0 radical (unpaired) electrons. The molecule has 0 fully saturated rings. The summed E-state index contributed by atoms with van der Waals surface area (Å²) in [5.41, 5.74) is 0.409. The molecule has 15 heavy (non-hydrogen) atoms. The van der Waals surface area contributed by atoms with E-state index in [4.69, 9.17) is 5.11 Å². The summed E-state index contributed by atoms with van der Waals surface area (Å²) in [6, 6.07) is 2.62. The van der Waals surface area contributed by atoms with Gasteiger partial charge in [-0.25, -0.2) is 4.39 Å². The molecule has 1 N–H and O–H groups in total. The van der Waals surface area contributed by atoms with Gasteiger partial charge in [-0.1, -0.05) is 15.9 Å². The van der Waals surface area contributed by atoms with Crippen LogP contribution >= 0.6 is 15.9 Å². The molecule has 0 heterocycles. The van der Waals surface area contributed by atoms with Gasteiger partial charge in [0.05, 0.1) is 6.61 Å². The topological polar surface area (TPSA) is 40.5 Å². The number of aliphatic hydroxyl groups is 1. The van der Waals surface area contributed by atoms with E-state index in [1.54, 1.807) is 14.1 Å². The second-order valence-electron chi connectivity index (χ2n) is 3.28. The van der Waals surface area contributed by atoms with Crippen LogP contribution in [0.5, 0.6) is 0 Å². The predicted octanol–water partition coefficient (Wildman–Crippen LogP) is 1.78. The first-order chi connectivity index (χ1) is 6.97. The van der Waals surface area contributed by atoms with E-state index in [9.17, 15) is 9.18 Å². The zero-order valence-corrected chi connectivity index (χ0v) is 10.0. The van der Waals surface area contributed by atoms with Crippen molar-refractivity contribution in [2.45, 2.75) is 6.61 Å². The Morgan fingerprint density at radius 1 is 1.53 bits per heavy atom. The first-order valence-electron chi connectivity index (χ1n) is 4.27. The Morgan fingerprint density at radius 3 is 2.53 bits per heavy atom. The second kappa shape index (κ2) is 4.72. The fourth-order valence-corrected chi connectivity index (χ4v) is 1.70. The zero-order valence-electron chi connectivity index (χ0n) is 8.42. The summed E-state index contributed by atoms with van der Waals surface area (Å²) in [6.07, 6.45) is 0. The van der Waals surface area contributed by atoms with Crippen LogP contribution in [0.4, 0.5) is 4.39 Å². The van der Waals surface area contributed by atoms with Crippen LogP contribution in [0, 0.1) is 5.82 Å². The zero-order chi connectivity index (χ0) is 11.6. The van der Waals surface area contributed by atoms with Gasteiger partial charge in [-0.15, -0.1) is 0 Å². The number of nitrogens with zero attached hydrogens (tertiary/aromatic N) is 1. The molecular formula is C10H11BrFNO2. The molecule has 5 heteroatoms. The molecular weight excluding hydrogens is 265 g/mol. The smallest absolute Gasteiger partial charge is 0.253 e. The van der Waals surface area contributed by atoms with Gasteiger partial charge in [-0.3, -0.25) is 4.79 Å². The third-order valence-electron chi connectivity index (χ3n) is 1.95. The summed E-state index contributed by atoms with van der Waals surface area (Å²) in [5.74, 6) is -0.865. The Hall–Kier alpha value is -0.940. The molecule has 0 saturated carbocycles. The van der Waals surface area contributed by atoms with Crippen LogP contribution in [0.3, 0.4) is 0 Å². The van der Waals surface area contributed by atoms with Crippen molar-refractivity contribution in [3.05, 3.63) is 33.5 Å². The molecule has 0 saturated heterocycles. The summed E-state index contributed by atoms with van der Waals surface area (Å²) >= 11 is 3.10.